The van der Waals surface area contributed by atoms with Crippen molar-refractivity contribution in [3.63, 3.8) is 0 Å². The normalized spacial score (nSPS) is 11.3. The zero-order chi connectivity index (χ0) is 14.1. The van der Waals surface area contributed by atoms with Gasteiger partial charge in [0.2, 0.25) is 0 Å². The predicted molar refractivity (Wildman–Crippen MR) is 75.3 cm³/mol. The molecule has 0 aliphatic carbocycles. The lowest BCUT2D eigenvalue weighted by atomic mass is 10.3. The van der Waals surface area contributed by atoms with Gasteiger partial charge in [-0.3, -0.25) is 4.98 Å². The Morgan fingerprint density at radius 1 is 1.30 bits per heavy atom. The maximum absolute atomic E-state index is 13.8. The topological polar surface area (TPSA) is 30.7 Å². The highest BCUT2D eigenvalue weighted by molar-refractivity contribution is 7.09. The molecule has 104 valence electrons. The van der Waals surface area contributed by atoms with E-state index >= 15 is 0 Å². The molecule has 3 aromatic rings. The summed E-state index contributed by atoms with van der Waals surface area (Å²) in [5.74, 6) is -0.250. The van der Waals surface area contributed by atoms with E-state index in [0.29, 0.717) is 30.2 Å². The summed E-state index contributed by atoms with van der Waals surface area (Å²) in [6, 6.07) is 2.14. The van der Waals surface area contributed by atoms with Crippen LogP contribution in [0.25, 0.3) is 11.0 Å². The van der Waals surface area contributed by atoms with Gasteiger partial charge in [0.25, 0.3) is 0 Å². The summed E-state index contributed by atoms with van der Waals surface area (Å²) in [4.78, 5) is 9.24. The Morgan fingerprint density at radius 2 is 2.15 bits per heavy atom. The number of halogens is 3. The van der Waals surface area contributed by atoms with Crippen molar-refractivity contribution in [3.05, 3.63) is 46.2 Å². The monoisotopic (exact) mass is 313 g/mol. The molecule has 7 heteroatoms. The second-order valence-electron chi connectivity index (χ2n) is 4.28. The lowest BCUT2D eigenvalue weighted by Gasteiger charge is -2.06. The highest BCUT2D eigenvalue weighted by Crippen LogP contribution is 2.23. The van der Waals surface area contributed by atoms with E-state index in [1.165, 1.54) is 17.4 Å². The summed E-state index contributed by atoms with van der Waals surface area (Å²) in [6.07, 6.45) is 2.23. The van der Waals surface area contributed by atoms with Gasteiger partial charge in [0.15, 0.2) is 5.82 Å². The third-order valence-corrected chi connectivity index (χ3v) is 3.92. The molecule has 2 aromatic heterocycles. The molecule has 1 aromatic carbocycles. The molecule has 0 fully saturated rings. The number of alkyl halides is 1. The van der Waals surface area contributed by atoms with Crippen molar-refractivity contribution in [2.45, 2.75) is 13.0 Å². The van der Waals surface area contributed by atoms with Gasteiger partial charge in [-0.1, -0.05) is 0 Å². The minimum atomic E-state index is -0.654. The molecule has 3 nitrogen and oxygen atoms in total. The number of thiazole rings is 1. The summed E-state index contributed by atoms with van der Waals surface area (Å²) < 4.78 is 29.0. The number of benzene rings is 1. The number of fused-ring (bicyclic) bond motifs is 1. The maximum atomic E-state index is 13.8. The van der Waals surface area contributed by atoms with Gasteiger partial charge in [-0.25, -0.2) is 13.8 Å². The molecule has 0 amide bonds. The number of hydrogen-bond acceptors (Lipinski definition) is 3. The summed E-state index contributed by atoms with van der Waals surface area (Å²) in [6.45, 7) is 0.482. The predicted octanol–water partition coefficient (Wildman–Crippen LogP) is 3.60. The van der Waals surface area contributed by atoms with Gasteiger partial charge < -0.3 is 4.57 Å². The quantitative estimate of drug-likeness (QED) is 0.689. The molecule has 0 radical (unpaired) electrons. The second-order valence-corrected chi connectivity index (χ2v) is 5.63. The molecule has 0 aliphatic rings. The van der Waals surface area contributed by atoms with E-state index < -0.39 is 11.6 Å². The molecule has 0 N–H and O–H groups in total. The van der Waals surface area contributed by atoms with E-state index in [0.717, 1.165) is 10.9 Å². The number of aromatic nitrogens is 3. The number of imidazole rings is 1. The van der Waals surface area contributed by atoms with Gasteiger partial charge in [0.05, 0.1) is 17.6 Å². The van der Waals surface area contributed by atoms with Crippen LogP contribution in [0.4, 0.5) is 8.78 Å². The smallest absolute Gasteiger partial charge is 0.153 e. The van der Waals surface area contributed by atoms with Crippen LogP contribution in [0.5, 0.6) is 0 Å². The molecule has 2 heterocycles. The number of rotatable bonds is 4. The summed E-state index contributed by atoms with van der Waals surface area (Å²) in [5.41, 5.74) is 2.34. The second kappa shape index (κ2) is 5.46. The molecule has 0 spiro atoms. The Balaban J connectivity index is 2.17. The van der Waals surface area contributed by atoms with Crippen molar-refractivity contribution in [1.29, 1.82) is 0 Å². The fourth-order valence-corrected chi connectivity index (χ4v) is 2.88. The molecular weight excluding hydrogens is 304 g/mol. The molecule has 0 aliphatic heterocycles. The lowest BCUT2D eigenvalue weighted by Crippen LogP contribution is -2.05. The van der Waals surface area contributed by atoms with Crippen LogP contribution in [0.2, 0.25) is 0 Å². The Hall–Kier alpha value is -1.53. The van der Waals surface area contributed by atoms with E-state index in [1.807, 2.05) is 0 Å². The number of hydrogen-bond donors (Lipinski definition) is 0. The first-order valence-electron chi connectivity index (χ1n) is 5.96. The highest BCUT2D eigenvalue weighted by atomic mass is 35.5. The largest absolute Gasteiger partial charge is 0.322 e. The van der Waals surface area contributed by atoms with Crippen LogP contribution in [-0.2, 0) is 13.0 Å². The van der Waals surface area contributed by atoms with Crippen LogP contribution in [-0.4, -0.2) is 20.4 Å². The van der Waals surface area contributed by atoms with E-state index in [9.17, 15) is 8.78 Å². The molecule has 0 atom stereocenters. The van der Waals surface area contributed by atoms with E-state index in [2.05, 4.69) is 9.97 Å². The van der Waals surface area contributed by atoms with Crippen LogP contribution in [0.3, 0.4) is 0 Å². The van der Waals surface area contributed by atoms with Crippen LogP contribution in [0, 0.1) is 11.6 Å². The van der Waals surface area contributed by atoms with Gasteiger partial charge in [-0.05, 0) is 6.07 Å². The van der Waals surface area contributed by atoms with Crippen molar-refractivity contribution < 1.29 is 8.78 Å². The lowest BCUT2D eigenvalue weighted by molar-refractivity contribution is 0.590. The van der Waals surface area contributed by atoms with Crippen LogP contribution in [0.1, 0.15) is 10.7 Å². The van der Waals surface area contributed by atoms with Gasteiger partial charge in [-0.2, -0.15) is 0 Å². The number of aryl methyl sites for hydroxylation is 1. The Kier molecular flexibility index (Phi) is 3.67. The van der Waals surface area contributed by atoms with Crippen LogP contribution < -0.4 is 0 Å². The summed E-state index contributed by atoms with van der Waals surface area (Å²) >= 11 is 7.24. The van der Waals surface area contributed by atoms with Gasteiger partial charge in [-0.15, -0.1) is 22.9 Å². The fourth-order valence-electron chi connectivity index (χ4n) is 2.13. The SMILES string of the molecule is Fc1cc(F)c2nc(CCCl)n(Cc3cncs3)c2c1. The highest BCUT2D eigenvalue weighted by Gasteiger charge is 2.15. The van der Waals surface area contributed by atoms with Gasteiger partial charge in [0, 0.05) is 29.4 Å². The maximum Gasteiger partial charge on any atom is 0.153 e. The minimum Gasteiger partial charge on any atom is -0.322 e. The van der Waals surface area contributed by atoms with Crippen molar-refractivity contribution in [2.24, 2.45) is 0 Å². The van der Waals surface area contributed by atoms with Crippen molar-refractivity contribution in [1.82, 2.24) is 14.5 Å². The number of nitrogens with zero attached hydrogens (tertiary/aromatic N) is 3. The van der Waals surface area contributed by atoms with Crippen molar-refractivity contribution in [3.8, 4) is 0 Å². The molecule has 0 unspecified atom stereocenters. The van der Waals surface area contributed by atoms with E-state index in [4.69, 9.17) is 11.6 Å². The van der Waals surface area contributed by atoms with Gasteiger partial charge >= 0.3 is 0 Å². The Morgan fingerprint density at radius 3 is 2.85 bits per heavy atom. The molecule has 0 saturated heterocycles. The van der Waals surface area contributed by atoms with Crippen molar-refractivity contribution >= 4 is 34.0 Å². The molecule has 20 heavy (non-hydrogen) atoms. The zero-order valence-corrected chi connectivity index (χ0v) is 11.9. The third-order valence-electron chi connectivity index (χ3n) is 2.97. The first-order valence-corrected chi connectivity index (χ1v) is 7.38. The molecule has 0 bridgehead atoms. The summed E-state index contributed by atoms with van der Waals surface area (Å²) in [5, 5.41) is 0. The first kappa shape index (κ1) is 13.5. The van der Waals surface area contributed by atoms with Gasteiger partial charge in [0.1, 0.15) is 17.2 Å². The minimum absolute atomic E-state index is 0.177. The van der Waals surface area contributed by atoms with Crippen LogP contribution >= 0.6 is 22.9 Å². The van der Waals surface area contributed by atoms with E-state index in [1.54, 1.807) is 16.3 Å². The zero-order valence-electron chi connectivity index (χ0n) is 10.3. The van der Waals surface area contributed by atoms with E-state index in [-0.39, 0.29) is 5.52 Å². The van der Waals surface area contributed by atoms with Crippen molar-refractivity contribution in [2.75, 3.05) is 5.88 Å². The Labute approximate surface area is 122 Å². The summed E-state index contributed by atoms with van der Waals surface area (Å²) in [7, 11) is 0. The average Bonchev–Trinajstić information content (AvgIpc) is 3.01. The standard InChI is InChI=1S/C13H10ClF2N3S/c14-2-1-12-18-13-10(16)3-8(15)4-11(13)19(12)6-9-5-17-7-20-9/h3-5,7H,1-2,6H2. The molecule has 0 saturated carbocycles. The molecule has 3 rings (SSSR count). The Bertz CT molecular complexity index is 740. The van der Waals surface area contributed by atoms with Crippen LogP contribution in [0.15, 0.2) is 23.8 Å². The average molecular weight is 314 g/mol. The first-order chi connectivity index (χ1) is 9.69. The molecular formula is C13H10ClF2N3S. The fraction of sp³-hybridized carbons (Fsp3) is 0.231. The third kappa shape index (κ3) is 2.41.